The highest BCUT2D eigenvalue weighted by Crippen LogP contribution is 2.40. The van der Waals surface area contributed by atoms with Gasteiger partial charge in [0.15, 0.2) is 0 Å². The molecule has 1 aliphatic carbocycles. The van der Waals surface area contributed by atoms with Crippen LogP contribution in [-0.2, 0) is 4.74 Å². The van der Waals surface area contributed by atoms with E-state index in [0.29, 0.717) is 38.1 Å². The molecule has 2 aliphatic rings. The molecular formula is C22H26N6O2. The van der Waals surface area contributed by atoms with Gasteiger partial charge >= 0.3 is 6.09 Å². The Morgan fingerprint density at radius 1 is 1.33 bits per heavy atom. The van der Waals surface area contributed by atoms with Crippen LogP contribution in [0.3, 0.4) is 0 Å². The summed E-state index contributed by atoms with van der Waals surface area (Å²) in [7, 11) is 0. The summed E-state index contributed by atoms with van der Waals surface area (Å²) in [5.41, 5.74) is 2.91. The van der Waals surface area contributed by atoms with Crippen molar-refractivity contribution in [3.8, 4) is 6.07 Å². The first-order chi connectivity index (χ1) is 14.7. The standard InChI is InChI=1S/C22H26N6O2/c1-2-30-22(29)27-12-15(13-27)21-26-18-11-25-20-17(8-10-24-20)19(18)28(21)16-5-3-14(4-6-16)7-9-23/h8,10-11,14-16H,2-7,12-13H2,1H3,(H,24,25)/t14-,16-. The van der Waals surface area contributed by atoms with Crippen molar-refractivity contribution >= 4 is 28.2 Å². The van der Waals surface area contributed by atoms with Gasteiger partial charge in [0.1, 0.15) is 17.0 Å². The van der Waals surface area contributed by atoms with Gasteiger partial charge < -0.3 is 19.2 Å². The van der Waals surface area contributed by atoms with Crippen LogP contribution in [0.1, 0.15) is 56.8 Å². The molecule has 4 heterocycles. The van der Waals surface area contributed by atoms with E-state index in [1.165, 1.54) is 0 Å². The normalized spacial score (nSPS) is 22.2. The van der Waals surface area contributed by atoms with E-state index in [4.69, 9.17) is 15.0 Å². The minimum absolute atomic E-state index is 0.202. The topological polar surface area (TPSA) is 99.8 Å². The minimum Gasteiger partial charge on any atom is -0.450 e. The Balaban J connectivity index is 1.50. The van der Waals surface area contributed by atoms with Crippen LogP contribution in [0.2, 0.25) is 0 Å². The Morgan fingerprint density at radius 2 is 2.13 bits per heavy atom. The number of hydrogen-bond donors (Lipinski definition) is 1. The van der Waals surface area contributed by atoms with E-state index in [-0.39, 0.29) is 12.0 Å². The third kappa shape index (κ3) is 3.09. The number of nitrogens with zero attached hydrogens (tertiary/aromatic N) is 5. The summed E-state index contributed by atoms with van der Waals surface area (Å²) in [5.74, 6) is 1.75. The lowest BCUT2D eigenvalue weighted by atomic mass is 9.84. The van der Waals surface area contributed by atoms with Crippen LogP contribution >= 0.6 is 0 Å². The fourth-order valence-corrected chi connectivity index (χ4v) is 5.01. The molecule has 0 unspecified atom stereocenters. The summed E-state index contributed by atoms with van der Waals surface area (Å²) in [6, 6.07) is 4.76. The van der Waals surface area contributed by atoms with Gasteiger partial charge in [-0.2, -0.15) is 5.26 Å². The zero-order valence-corrected chi connectivity index (χ0v) is 17.2. The Labute approximate surface area is 174 Å². The highest BCUT2D eigenvalue weighted by atomic mass is 16.6. The first-order valence-corrected chi connectivity index (χ1v) is 10.8. The average Bonchev–Trinajstić information content (AvgIpc) is 3.32. The molecule has 0 atom stereocenters. The fourth-order valence-electron chi connectivity index (χ4n) is 5.01. The summed E-state index contributed by atoms with van der Waals surface area (Å²) in [6.45, 7) is 3.49. The fraction of sp³-hybridized carbons (Fsp3) is 0.545. The lowest BCUT2D eigenvalue weighted by molar-refractivity contribution is 0.0724. The number of nitriles is 1. The van der Waals surface area contributed by atoms with Gasteiger partial charge in [-0.1, -0.05) is 0 Å². The first-order valence-electron chi connectivity index (χ1n) is 10.8. The molecule has 1 amide bonds. The van der Waals surface area contributed by atoms with Crippen molar-refractivity contribution in [1.29, 1.82) is 5.26 Å². The van der Waals surface area contributed by atoms with Crippen LogP contribution in [0.15, 0.2) is 18.5 Å². The molecule has 3 aromatic rings. The minimum atomic E-state index is -0.247. The molecule has 8 nitrogen and oxygen atoms in total. The Kier molecular flexibility index (Phi) is 4.81. The molecular weight excluding hydrogens is 380 g/mol. The van der Waals surface area contributed by atoms with Gasteiger partial charge in [0.05, 0.1) is 30.3 Å². The number of H-pyrrole nitrogens is 1. The molecule has 0 aromatic carbocycles. The summed E-state index contributed by atoms with van der Waals surface area (Å²) >= 11 is 0. The van der Waals surface area contributed by atoms with E-state index in [0.717, 1.165) is 53.6 Å². The zero-order valence-electron chi connectivity index (χ0n) is 17.2. The highest BCUT2D eigenvalue weighted by Gasteiger charge is 2.38. The monoisotopic (exact) mass is 406 g/mol. The maximum atomic E-state index is 12.0. The van der Waals surface area contributed by atoms with Crippen molar-refractivity contribution in [2.24, 2.45) is 5.92 Å². The second kappa shape index (κ2) is 7.63. The second-order valence-corrected chi connectivity index (χ2v) is 8.41. The molecule has 1 saturated carbocycles. The molecule has 156 valence electrons. The summed E-state index contributed by atoms with van der Waals surface area (Å²) in [4.78, 5) is 26.5. The largest absolute Gasteiger partial charge is 0.450 e. The number of rotatable bonds is 4. The van der Waals surface area contributed by atoms with E-state index in [2.05, 4.69) is 26.7 Å². The number of fused-ring (bicyclic) bond motifs is 3. The Morgan fingerprint density at radius 3 is 2.87 bits per heavy atom. The Hall–Kier alpha value is -3.08. The lowest BCUT2D eigenvalue weighted by Gasteiger charge is -2.39. The zero-order chi connectivity index (χ0) is 20.7. The molecule has 30 heavy (non-hydrogen) atoms. The predicted molar refractivity (Wildman–Crippen MR) is 112 cm³/mol. The number of likely N-dealkylation sites (tertiary alicyclic amines) is 1. The number of amides is 1. The number of ether oxygens (including phenoxy) is 1. The lowest BCUT2D eigenvalue weighted by Crippen LogP contribution is -2.49. The molecule has 0 bridgehead atoms. The number of pyridine rings is 1. The maximum Gasteiger partial charge on any atom is 0.409 e. The van der Waals surface area contributed by atoms with Crippen LogP contribution in [0.5, 0.6) is 0 Å². The number of aromatic amines is 1. The van der Waals surface area contributed by atoms with Gasteiger partial charge in [-0.3, -0.25) is 0 Å². The van der Waals surface area contributed by atoms with Crippen molar-refractivity contribution in [2.45, 2.75) is 51.0 Å². The van der Waals surface area contributed by atoms with E-state index >= 15 is 0 Å². The number of aromatic nitrogens is 4. The maximum absolute atomic E-state index is 12.0. The highest BCUT2D eigenvalue weighted by molar-refractivity contribution is 6.01. The number of carbonyl (C=O) groups excluding carboxylic acids is 1. The SMILES string of the molecule is CCOC(=O)N1CC(c2nc3cnc4[nH]ccc4c3n2[C@H]2CC[C@H](CC#N)CC2)C1. The molecule has 0 radical (unpaired) electrons. The summed E-state index contributed by atoms with van der Waals surface area (Å²) < 4.78 is 7.56. The van der Waals surface area contributed by atoms with Crippen molar-refractivity contribution < 1.29 is 9.53 Å². The van der Waals surface area contributed by atoms with Gasteiger partial charge in [0.2, 0.25) is 0 Å². The smallest absolute Gasteiger partial charge is 0.409 e. The van der Waals surface area contributed by atoms with Gasteiger partial charge in [-0.05, 0) is 44.6 Å². The molecule has 5 rings (SSSR count). The summed E-state index contributed by atoms with van der Waals surface area (Å²) in [6.07, 6.45) is 8.40. The molecule has 3 aromatic heterocycles. The molecule has 1 saturated heterocycles. The van der Waals surface area contributed by atoms with Gasteiger partial charge in [-0.25, -0.2) is 14.8 Å². The number of nitrogens with one attached hydrogen (secondary N) is 1. The number of carbonyl (C=O) groups is 1. The Bertz CT molecular complexity index is 1110. The van der Waals surface area contributed by atoms with Gasteiger partial charge in [0.25, 0.3) is 0 Å². The van der Waals surface area contributed by atoms with E-state index < -0.39 is 0 Å². The van der Waals surface area contributed by atoms with Crippen LogP contribution in [0.25, 0.3) is 22.1 Å². The number of hydrogen-bond acceptors (Lipinski definition) is 5. The second-order valence-electron chi connectivity index (χ2n) is 8.41. The molecule has 1 N–H and O–H groups in total. The summed E-state index contributed by atoms with van der Waals surface area (Å²) in [5, 5.41) is 10.1. The van der Waals surface area contributed by atoms with Crippen molar-refractivity contribution in [3.05, 3.63) is 24.3 Å². The average molecular weight is 406 g/mol. The van der Waals surface area contributed by atoms with E-state index in [1.807, 2.05) is 19.3 Å². The van der Waals surface area contributed by atoms with Crippen molar-refractivity contribution in [1.82, 2.24) is 24.4 Å². The third-order valence-electron chi connectivity index (χ3n) is 6.60. The molecule has 1 aliphatic heterocycles. The first kappa shape index (κ1) is 18.9. The predicted octanol–water partition coefficient (Wildman–Crippen LogP) is 4.11. The van der Waals surface area contributed by atoms with Crippen LogP contribution in [0, 0.1) is 17.2 Å². The quantitative estimate of drug-likeness (QED) is 0.703. The third-order valence-corrected chi connectivity index (χ3v) is 6.60. The van der Waals surface area contributed by atoms with Crippen molar-refractivity contribution in [3.63, 3.8) is 0 Å². The van der Waals surface area contributed by atoms with Gasteiger partial charge in [-0.15, -0.1) is 0 Å². The van der Waals surface area contributed by atoms with E-state index in [9.17, 15) is 4.79 Å². The van der Waals surface area contributed by atoms with Crippen LogP contribution in [0.4, 0.5) is 4.79 Å². The van der Waals surface area contributed by atoms with Gasteiger partial charge in [0, 0.05) is 37.1 Å². The molecule has 2 fully saturated rings. The molecule has 8 heteroatoms. The number of imidazole rings is 1. The van der Waals surface area contributed by atoms with Crippen molar-refractivity contribution in [2.75, 3.05) is 19.7 Å². The molecule has 0 spiro atoms. The van der Waals surface area contributed by atoms with Crippen LogP contribution in [-0.4, -0.2) is 50.2 Å². The van der Waals surface area contributed by atoms with E-state index in [1.54, 1.807) is 4.90 Å². The van der Waals surface area contributed by atoms with Crippen LogP contribution < -0.4 is 0 Å².